The third-order valence-electron chi connectivity index (χ3n) is 6.29. The largest absolute Gasteiger partial charge is 0.394 e. The Kier molecular flexibility index (Phi) is 4.29. The fourth-order valence-corrected chi connectivity index (χ4v) is 4.54. The zero-order valence-electron chi connectivity index (χ0n) is 13.4. The Hall–Kier alpha value is -0.240. The molecule has 0 bridgehead atoms. The fourth-order valence-electron chi connectivity index (χ4n) is 4.54. The minimum Gasteiger partial charge on any atom is -0.394 e. The lowest BCUT2D eigenvalue weighted by molar-refractivity contribution is -0.314. The molecule has 0 spiro atoms. The van der Waals surface area contributed by atoms with Crippen LogP contribution < -0.4 is 0 Å². The zero-order chi connectivity index (χ0) is 16.2. The lowest BCUT2D eigenvalue weighted by Crippen LogP contribution is -2.59. The molecule has 0 aromatic rings. The molecule has 2 saturated carbocycles. The summed E-state index contributed by atoms with van der Waals surface area (Å²) in [5, 5.41) is 38.9. The van der Waals surface area contributed by atoms with Gasteiger partial charge in [-0.1, -0.05) is 20.8 Å². The second-order valence-electron chi connectivity index (χ2n) is 7.63. The van der Waals surface area contributed by atoms with E-state index in [-0.39, 0.29) is 6.10 Å². The van der Waals surface area contributed by atoms with Gasteiger partial charge in [0.05, 0.1) is 12.7 Å². The first-order valence-corrected chi connectivity index (χ1v) is 8.27. The van der Waals surface area contributed by atoms with Gasteiger partial charge in [-0.25, -0.2) is 0 Å². The summed E-state index contributed by atoms with van der Waals surface area (Å²) in [4.78, 5) is 0. The van der Waals surface area contributed by atoms with Crippen molar-refractivity contribution in [2.45, 2.75) is 70.4 Å². The summed E-state index contributed by atoms with van der Waals surface area (Å²) in [5.74, 6) is 1.64. The number of rotatable bonds is 4. The van der Waals surface area contributed by atoms with E-state index in [0.717, 1.165) is 6.42 Å². The average molecular weight is 316 g/mol. The molecule has 128 valence electrons. The number of aliphatic hydroxyl groups is 4. The molecule has 1 aliphatic heterocycles. The van der Waals surface area contributed by atoms with Crippen LogP contribution in [-0.2, 0) is 9.47 Å². The molecule has 1 saturated heterocycles. The topological polar surface area (TPSA) is 99.4 Å². The van der Waals surface area contributed by atoms with Crippen molar-refractivity contribution in [2.24, 2.45) is 23.2 Å². The van der Waals surface area contributed by atoms with Crippen LogP contribution in [0.3, 0.4) is 0 Å². The zero-order valence-corrected chi connectivity index (χ0v) is 13.4. The van der Waals surface area contributed by atoms with E-state index in [0.29, 0.717) is 23.2 Å². The van der Waals surface area contributed by atoms with Gasteiger partial charge in [-0.2, -0.15) is 0 Å². The molecule has 6 heteroatoms. The SMILES string of the molecule is CC(C)[C@@]12C[C@@H]1[C@@H](C)[C@H](O[C@@H]1O[C@H](CO)[C@@H](O)[C@H](O)[C@H]1O)C2. The number of aliphatic hydroxyl groups excluding tert-OH is 4. The predicted molar refractivity (Wildman–Crippen MR) is 77.8 cm³/mol. The van der Waals surface area contributed by atoms with Gasteiger partial charge in [0.1, 0.15) is 24.4 Å². The second kappa shape index (κ2) is 5.69. The number of ether oxygens (including phenoxy) is 2. The average Bonchev–Trinajstić information content (AvgIpc) is 3.15. The van der Waals surface area contributed by atoms with Crippen molar-refractivity contribution in [3.63, 3.8) is 0 Å². The van der Waals surface area contributed by atoms with Crippen molar-refractivity contribution in [1.82, 2.24) is 0 Å². The molecular weight excluding hydrogens is 288 g/mol. The van der Waals surface area contributed by atoms with Crippen LogP contribution in [0.5, 0.6) is 0 Å². The van der Waals surface area contributed by atoms with E-state index in [1.54, 1.807) is 0 Å². The molecule has 3 fully saturated rings. The molecule has 1 heterocycles. The van der Waals surface area contributed by atoms with E-state index in [2.05, 4.69) is 20.8 Å². The fraction of sp³-hybridized carbons (Fsp3) is 1.00. The van der Waals surface area contributed by atoms with Crippen LogP contribution >= 0.6 is 0 Å². The van der Waals surface area contributed by atoms with E-state index in [1.165, 1.54) is 6.42 Å². The van der Waals surface area contributed by atoms with Gasteiger partial charge in [-0.3, -0.25) is 0 Å². The summed E-state index contributed by atoms with van der Waals surface area (Å²) in [6.07, 6.45) is -3.79. The quantitative estimate of drug-likeness (QED) is 0.577. The summed E-state index contributed by atoms with van der Waals surface area (Å²) in [6.45, 7) is 6.21. The maximum Gasteiger partial charge on any atom is 0.186 e. The lowest BCUT2D eigenvalue weighted by Gasteiger charge is -2.41. The molecule has 3 aliphatic rings. The van der Waals surface area contributed by atoms with Crippen LogP contribution in [0, 0.1) is 23.2 Å². The maximum absolute atomic E-state index is 10.1. The summed E-state index contributed by atoms with van der Waals surface area (Å²) in [5.41, 5.74) is 0.345. The first-order valence-electron chi connectivity index (χ1n) is 8.27. The third-order valence-corrected chi connectivity index (χ3v) is 6.29. The van der Waals surface area contributed by atoms with Crippen molar-refractivity contribution in [1.29, 1.82) is 0 Å². The van der Waals surface area contributed by atoms with Gasteiger partial charge < -0.3 is 29.9 Å². The molecule has 3 rings (SSSR count). The monoisotopic (exact) mass is 316 g/mol. The third kappa shape index (κ3) is 2.41. The van der Waals surface area contributed by atoms with E-state index in [9.17, 15) is 20.4 Å². The summed E-state index contributed by atoms with van der Waals surface area (Å²) < 4.78 is 11.4. The van der Waals surface area contributed by atoms with E-state index < -0.39 is 37.3 Å². The molecular formula is C16H28O6. The van der Waals surface area contributed by atoms with Gasteiger partial charge in [0.2, 0.25) is 0 Å². The van der Waals surface area contributed by atoms with Crippen LogP contribution in [-0.4, -0.2) is 63.8 Å². The highest BCUT2D eigenvalue weighted by atomic mass is 16.7. The Morgan fingerprint density at radius 3 is 2.36 bits per heavy atom. The molecule has 6 nitrogen and oxygen atoms in total. The molecule has 0 amide bonds. The van der Waals surface area contributed by atoms with Gasteiger partial charge in [0.15, 0.2) is 6.29 Å². The van der Waals surface area contributed by atoms with Crippen LogP contribution in [0.2, 0.25) is 0 Å². The van der Waals surface area contributed by atoms with Crippen LogP contribution in [0.15, 0.2) is 0 Å². The van der Waals surface area contributed by atoms with Crippen molar-refractivity contribution in [2.75, 3.05) is 6.61 Å². The number of hydrogen-bond donors (Lipinski definition) is 4. The van der Waals surface area contributed by atoms with E-state index in [4.69, 9.17) is 9.47 Å². The van der Waals surface area contributed by atoms with Crippen molar-refractivity contribution in [3.8, 4) is 0 Å². The van der Waals surface area contributed by atoms with Gasteiger partial charge >= 0.3 is 0 Å². The Morgan fingerprint density at radius 2 is 1.82 bits per heavy atom. The van der Waals surface area contributed by atoms with Crippen molar-refractivity contribution >= 4 is 0 Å². The Balaban J connectivity index is 1.66. The molecule has 9 atom stereocenters. The van der Waals surface area contributed by atoms with Gasteiger partial charge in [0.25, 0.3) is 0 Å². The highest BCUT2D eigenvalue weighted by Crippen LogP contribution is 2.70. The number of hydrogen-bond acceptors (Lipinski definition) is 6. The summed E-state index contributed by atoms with van der Waals surface area (Å²) in [6, 6.07) is 0. The molecule has 0 radical (unpaired) electrons. The van der Waals surface area contributed by atoms with E-state index >= 15 is 0 Å². The van der Waals surface area contributed by atoms with Crippen molar-refractivity contribution < 1.29 is 29.9 Å². The van der Waals surface area contributed by atoms with Crippen LogP contribution in [0.25, 0.3) is 0 Å². The first-order chi connectivity index (χ1) is 10.3. The molecule has 0 aromatic heterocycles. The Morgan fingerprint density at radius 1 is 1.14 bits per heavy atom. The maximum atomic E-state index is 10.1. The smallest absolute Gasteiger partial charge is 0.186 e. The van der Waals surface area contributed by atoms with Crippen LogP contribution in [0.1, 0.15) is 33.6 Å². The molecule has 0 unspecified atom stereocenters. The molecule has 0 aromatic carbocycles. The first kappa shape index (κ1) is 16.6. The van der Waals surface area contributed by atoms with Crippen LogP contribution in [0.4, 0.5) is 0 Å². The minimum absolute atomic E-state index is 0.0254. The van der Waals surface area contributed by atoms with Gasteiger partial charge in [0, 0.05) is 0 Å². The molecule has 2 aliphatic carbocycles. The summed E-state index contributed by atoms with van der Waals surface area (Å²) >= 11 is 0. The Labute approximate surface area is 131 Å². The summed E-state index contributed by atoms with van der Waals surface area (Å²) in [7, 11) is 0. The van der Waals surface area contributed by atoms with E-state index in [1.807, 2.05) is 0 Å². The standard InChI is InChI=1S/C16H28O6/c1-7(2)16-4-9(16)8(3)10(5-16)21-15-14(20)13(19)12(18)11(6-17)22-15/h7-15,17-20H,4-6H2,1-3H3/t8-,9-,10-,11-,12-,13+,14-,15-,16+/m1/s1. The highest BCUT2D eigenvalue weighted by molar-refractivity contribution is 5.14. The molecule has 22 heavy (non-hydrogen) atoms. The van der Waals surface area contributed by atoms with Crippen molar-refractivity contribution in [3.05, 3.63) is 0 Å². The molecule has 4 N–H and O–H groups in total. The highest BCUT2D eigenvalue weighted by Gasteiger charge is 2.65. The Bertz CT molecular complexity index is 413. The lowest BCUT2D eigenvalue weighted by atomic mass is 9.89. The second-order valence-corrected chi connectivity index (χ2v) is 7.63. The normalized spacial score (nSPS) is 54.5. The van der Waals surface area contributed by atoms with Gasteiger partial charge in [-0.05, 0) is 36.0 Å². The minimum atomic E-state index is -1.37. The predicted octanol–water partition coefficient (Wildman–Crippen LogP) is -0.126. The van der Waals surface area contributed by atoms with Gasteiger partial charge in [-0.15, -0.1) is 0 Å². The number of fused-ring (bicyclic) bond motifs is 1.